The highest BCUT2D eigenvalue weighted by atomic mass is 19.3. The van der Waals surface area contributed by atoms with Gasteiger partial charge in [-0.05, 0) is 57.6 Å². The lowest BCUT2D eigenvalue weighted by Crippen LogP contribution is -2.41. The van der Waals surface area contributed by atoms with E-state index in [0.717, 1.165) is 11.0 Å². The van der Waals surface area contributed by atoms with E-state index in [-0.39, 0.29) is 31.6 Å². The van der Waals surface area contributed by atoms with Gasteiger partial charge in [-0.15, -0.1) is 0 Å². The Kier molecular flexibility index (Phi) is 3.65. The molecule has 1 aromatic carbocycles. The molecule has 3 aliphatic rings. The number of rotatable bonds is 1. The normalized spacial score (nSPS) is 27.5. The molecule has 2 fully saturated rings. The second-order valence-corrected chi connectivity index (χ2v) is 8.79. The number of carbonyl (C=O) groups is 1. The molecule has 26 heavy (non-hydrogen) atoms. The van der Waals surface area contributed by atoms with Crippen molar-refractivity contribution in [3.8, 4) is 0 Å². The van der Waals surface area contributed by atoms with E-state index in [1.54, 1.807) is 0 Å². The highest BCUT2D eigenvalue weighted by Crippen LogP contribution is 2.50. The van der Waals surface area contributed by atoms with E-state index in [1.807, 2.05) is 45.9 Å². The number of nitrogens with one attached hydrogen (secondary N) is 1. The van der Waals surface area contributed by atoms with Crippen LogP contribution in [0.3, 0.4) is 0 Å². The summed E-state index contributed by atoms with van der Waals surface area (Å²) in [5.41, 5.74) is 0.601. The zero-order valence-corrected chi connectivity index (χ0v) is 15.6. The van der Waals surface area contributed by atoms with Crippen LogP contribution in [0.25, 0.3) is 0 Å². The minimum Gasteiger partial charge on any atom is -0.399 e. The average molecular weight is 363 g/mol. The molecule has 0 atom stereocenters. The number of hydrogen-bond donors (Lipinski definition) is 1. The molecule has 2 aliphatic heterocycles. The predicted molar refractivity (Wildman–Crippen MR) is 95.9 cm³/mol. The summed E-state index contributed by atoms with van der Waals surface area (Å²) in [5, 5.41) is 2.90. The standard InChI is InChI=1S/C19H24BF2NO3/c1-16(2)17(3,4)26-20(25-16)12-5-6-13-14(11-12)23-15(24)18(13)7-9-19(21,22)10-8-18/h5-6,11H,7-10H2,1-4H3,(H,23,24). The molecular formula is C19H24BF2NO3. The first-order valence-electron chi connectivity index (χ1n) is 9.15. The van der Waals surface area contributed by atoms with E-state index < -0.39 is 29.7 Å². The topological polar surface area (TPSA) is 47.6 Å². The lowest BCUT2D eigenvalue weighted by atomic mass is 9.68. The molecule has 4 rings (SSSR count). The third kappa shape index (κ3) is 2.51. The van der Waals surface area contributed by atoms with E-state index in [2.05, 4.69) is 5.32 Å². The Balaban J connectivity index is 1.64. The van der Waals surface area contributed by atoms with Gasteiger partial charge < -0.3 is 14.6 Å². The third-order valence-electron chi connectivity index (χ3n) is 6.60. The van der Waals surface area contributed by atoms with E-state index in [1.165, 1.54) is 0 Å². The molecular weight excluding hydrogens is 339 g/mol. The minimum absolute atomic E-state index is 0.172. The van der Waals surface area contributed by atoms with Crippen LogP contribution in [0.15, 0.2) is 18.2 Å². The van der Waals surface area contributed by atoms with Crippen LogP contribution in [0.1, 0.15) is 58.9 Å². The second-order valence-electron chi connectivity index (χ2n) is 8.79. The fourth-order valence-corrected chi connectivity index (χ4v) is 4.11. The Hall–Kier alpha value is -1.47. The van der Waals surface area contributed by atoms with Crippen molar-refractivity contribution >= 4 is 24.2 Å². The molecule has 4 nitrogen and oxygen atoms in total. The maximum atomic E-state index is 13.6. The molecule has 0 aromatic heterocycles. The molecule has 1 amide bonds. The van der Waals surface area contributed by atoms with Gasteiger partial charge in [0.2, 0.25) is 11.8 Å². The van der Waals surface area contributed by atoms with Crippen LogP contribution < -0.4 is 10.8 Å². The molecule has 1 aliphatic carbocycles. The van der Waals surface area contributed by atoms with Crippen molar-refractivity contribution in [3.05, 3.63) is 23.8 Å². The van der Waals surface area contributed by atoms with Crippen LogP contribution in [0.2, 0.25) is 0 Å². The van der Waals surface area contributed by atoms with Crippen molar-refractivity contribution in [3.63, 3.8) is 0 Å². The number of anilines is 1. The van der Waals surface area contributed by atoms with Crippen molar-refractivity contribution in [2.75, 3.05) is 5.32 Å². The summed E-state index contributed by atoms with van der Waals surface area (Å²) < 4.78 is 39.3. The van der Waals surface area contributed by atoms with Crippen LogP contribution in [0.5, 0.6) is 0 Å². The van der Waals surface area contributed by atoms with Crippen LogP contribution in [0, 0.1) is 0 Å². The molecule has 1 saturated carbocycles. The van der Waals surface area contributed by atoms with Crippen LogP contribution >= 0.6 is 0 Å². The summed E-state index contributed by atoms with van der Waals surface area (Å²) >= 11 is 0. The van der Waals surface area contributed by atoms with Gasteiger partial charge in [0.05, 0.1) is 16.6 Å². The van der Waals surface area contributed by atoms with Crippen LogP contribution in [-0.4, -0.2) is 30.2 Å². The van der Waals surface area contributed by atoms with Crippen molar-refractivity contribution in [1.29, 1.82) is 0 Å². The van der Waals surface area contributed by atoms with E-state index in [0.29, 0.717) is 5.69 Å². The first-order valence-corrected chi connectivity index (χ1v) is 9.15. The molecule has 0 bridgehead atoms. The monoisotopic (exact) mass is 363 g/mol. The number of fused-ring (bicyclic) bond motifs is 2. The number of alkyl halides is 2. The molecule has 7 heteroatoms. The van der Waals surface area contributed by atoms with Gasteiger partial charge >= 0.3 is 7.12 Å². The van der Waals surface area contributed by atoms with Crippen LogP contribution in [0.4, 0.5) is 14.5 Å². The molecule has 0 unspecified atom stereocenters. The fraction of sp³-hybridized carbons (Fsp3) is 0.632. The van der Waals surface area contributed by atoms with Crippen LogP contribution in [-0.2, 0) is 19.5 Å². The van der Waals surface area contributed by atoms with Gasteiger partial charge in [-0.3, -0.25) is 4.79 Å². The molecule has 1 saturated heterocycles. The van der Waals surface area contributed by atoms with Gasteiger partial charge in [-0.2, -0.15) is 0 Å². The quantitative estimate of drug-likeness (QED) is 0.779. The highest BCUT2D eigenvalue weighted by molar-refractivity contribution is 6.62. The Morgan fingerprint density at radius 1 is 1.00 bits per heavy atom. The Morgan fingerprint density at radius 3 is 2.15 bits per heavy atom. The summed E-state index contributed by atoms with van der Waals surface area (Å²) in [6.45, 7) is 7.94. The first-order chi connectivity index (χ1) is 12.0. The van der Waals surface area contributed by atoms with Gasteiger partial charge in [0.25, 0.3) is 0 Å². The lowest BCUT2D eigenvalue weighted by molar-refractivity contribution is -0.125. The molecule has 140 valence electrons. The summed E-state index contributed by atoms with van der Waals surface area (Å²) in [6.07, 6.45) is -0.152. The Morgan fingerprint density at radius 2 is 1.58 bits per heavy atom. The fourth-order valence-electron chi connectivity index (χ4n) is 4.11. The second kappa shape index (κ2) is 5.29. The van der Waals surface area contributed by atoms with Gasteiger partial charge in [0, 0.05) is 18.5 Å². The molecule has 2 heterocycles. The predicted octanol–water partition coefficient (Wildman–Crippen LogP) is 3.39. The molecule has 1 spiro atoms. The first kappa shape index (κ1) is 17.9. The highest BCUT2D eigenvalue weighted by Gasteiger charge is 2.54. The van der Waals surface area contributed by atoms with Crippen molar-refractivity contribution in [2.45, 2.75) is 75.9 Å². The summed E-state index contributed by atoms with van der Waals surface area (Å²) in [6, 6.07) is 5.61. The average Bonchev–Trinajstić information content (AvgIpc) is 2.92. The van der Waals surface area contributed by atoms with E-state index >= 15 is 0 Å². The minimum atomic E-state index is -2.67. The Bertz CT molecular complexity index is 752. The van der Waals surface area contributed by atoms with Crippen molar-refractivity contribution < 1.29 is 22.9 Å². The van der Waals surface area contributed by atoms with E-state index in [4.69, 9.17) is 9.31 Å². The summed E-state index contributed by atoms with van der Waals surface area (Å²) in [4.78, 5) is 12.6. The number of benzene rings is 1. The van der Waals surface area contributed by atoms with Gasteiger partial charge in [0.1, 0.15) is 0 Å². The maximum Gasteiger partial charge on any atom is 0.494 e. The summed E-state index contributed by atoms with van der Waals surface area (Å²) in [5.74, 6) is -2.84. The number of hydrogen-bond acceptors (Lipinski definition) is 3. The largest absolute Gasteiger partial charge is 0.494 e. The van der Waals surface area contributed by atoms with Crippen molar-refractivity contribution in [2.24, 2.45) is 0 Å². The van der Waals surface area contributed by atoms with Crippen molar-refractivity contribution in [1.82, 2.24) is 0 Å². The number of amides is 1. The van der Waals surface area contributed by atoms with Gasteiger partial charge in [-0.25, -0.2) is 8.78 Å². The molecule has 0 radical (unpaired) electrons. The third-order valence-corrected chi connectivity index (χ3v) is 6.60. The smallest absolute Gasteiger partial charge is 0.399 e. The maximum absolute atomic E-state index is 13.6. The molecule has 1 N–H and O–H groups in total. The number of halogens is 2. The lowest BCUT2D eigenvalue weighted by Gasteiger charge is -2.35. The summed E-state index contributed by atoms with van der Waals surface area (Å²) in [7, 11) is -0.519. The van der Waals surface area contributed by atoms with Gasteiger partial charge in [0.15, 0.2) is 0 Å². The zero-order chi connectivity index (χ0) is 19.0. The SMILES string of the molecule is CC1(C)OB(c2ccc3c(c2)NC(=O)C32CCC(F)(F)CC2)OC1(C)C. The molecule has 1 aromatic rings. The zero-order valence-electron chi connectivity index (χ0n) is 15.6. The number of carbonyl (C=O) groups excluding carboxylic acids is 1. The Labute approximate surface area is 152 Å². The van der Waals surface area contributed by atoms with Gasteiger partial charge in [-0.1, -0.05) is 12.1 Å². The van der Waals surface area contributed by atoms with E-state index in [9.17, 15) is 13.6 Å².